The third-order valence-electron chi connectivity index (χ3n) is 6.55. The minimum Gasteiger partial charge on any atom is -0.310 e. The van der Waals surface area contributed by atoms with E-state index < -0.39 is 0 Å². The van der Waals surface area contributed by atoms with Gasteiger partial charge in [0, 0.05) is 52.7 Å². The van der Waals surface area contributed by atoms with Gasteiger partial charge in [-0.3, -0.25) is 14.7 Å². The van der Waals surface area contributed by atoms with Crippen molar-refractivity contribution in [1.29, 1.82) is 0 Å². The van der Waals surface area contributed by atoms with Gasteiger partial charge in [0.25, 0.3) is 5.56 Å². The predicted molar refractivity (Wildman–Crippen MR) is 134 cm³/mol. The maximum Gasteiger partial charge on any atom is 0.255 e. The molecule has 1 aromatic carbocycles. The summed E-state index contributed by atoms with van der Waals surface area (Å²) in [4.78, 5) is 27.8. The third kappa shape index (κ3) is 4.90. The van der Waals surface area contributed by atoms with E-state index in [1.165, 1.54) is 19.3 Å². The van der Waals surface area contributed by atoms with Gasteiger partial charge in [-0.15, -0.1) is 0 Å². The molecule has 0 amide bonds. The van der Waals surface area contributed by atoms with E-state index in [1.807, 2.05) is 12.3 Å². The van der Waals surface area contributed by atoms with Crippen LogP contribution in [0.5, 0.6) is 0 Å². The molecule has 1 aliphatic heterocycles. The van der Waals surface area contributed by atoms with Gasteiger partial charge in [-0.2, -0.15) is 0 Å². The van der Waals surface area contributed by atoms with Crippen LogP contribution in [0.1, 0.15) is 60.7 Å². The zero-order valence-electron chi connectivity index (χ0n) is 17.9. The highest BCUT2D eigenvalue weighted by atomic mass is 79.9. The molecule has 3 heterocycles. The molecule has 0 atom stereocenters. The number of aromatic amines is 1. The largest absolute Gasteiger partial charge is 0.310 e. The Morgan fingerprint density at radius 2 is 1.84 bits per heavy atom. The molecular weight excluding hydrogens is 532 g/mol. The zero-order chi connectivity index (χ0) is 22.1. The lowest BCUT2D eigenvalue weighted by Crippen LogP contribution is -2.36. The van der Waals surface area contributed by atoms with Crippen LogP contribution in [0.2, 0.25) is 0 Å². The minimum atomic E-state index is 0.0500. The molecular formula is C25H26Br2N4O. The molecule has 0 bridgehead atoms. The number of hydrogen-bond acceptors (Lipinski definition) is 4. The SMILES string of the molecule is O=c1[nH]c(C2CCCCC2)nc2c1CN(Cc1ccc(-c3cc(Br)cc(Br)c3)nc1)CC2. The van der Waals surface area contributed by atoms with Gasteiger partial charge in [-0.25, -0.2) is 4.98 Å². The lowest BCUT2D eigenvalue weighted by molar-refractivity contribution is 0.240. The van der Waals surface area contributed by atoms with Gasteiger partial charge in [0.05, 0.1) is 17.0 Å². The molecule has 1 N–H and O–H groups in total. The highest BCUT2D eigenvalue weighted by molar-refractivity contribution is 9.11. The summed E-state index contributed by atoms with van der Waals surface area (Å²) in [5.41, 5.74) is 5.04. The molecule has 32 heavy (non-hydrogen) atoms. The second-order valence-corrected chi connectivity index (χ2v) is 10.7. The third-order valence-corrected chi connectivity index (χ3v) is 7.46. The van der Waals surface area contributed by atoms with Gasteiger partial charge in [-0.1, -0.05) is 57.2 Å². The number of benzene rings is 1. The molecule has 3 aromatic rings. The van der Waals surface area contributed by atoms with Gasteiger partial charge < -0.3 is 4.98 Å². The Morgan fingerprint density at radius 3 is 2.56 bits per heavy atom. The lowest BCUT2D eigenvalue weighted by atomic mass is 9.88. The fourth-order valence-corrected chi connectivity index (χ4v) is 6.15. The number of nitrogens with zero attached hydrogens (tertiary/aromatic N) is 3. The highest BCUT2D eigenvalue weighted by Crippen LogP contribution is 2.31. The summed E-state index contributed by atoms with van der Waals surface area (Å²) in [5, 5.41) is 0. The molecule has 1 aliphatic carbocycles. The van der Waals surface area contributed by atoms with E-state index in [-0.39, 0.29) is 5.56 Å². The Labute approximate surface area is 204 Å². The predicted octanol–water partition coefficient (Wildman–Crippen LogP) is 5.96. The molecule has 1 saturated carbocycles. The Morgan fingerprint density at radius 1 is 1.06 bits per heavy atom. The van der Waals surface area contributed by atoms with Crippen LogP contribution in [0.3, 0.4) is 0 Å². The quantitative estimate of drug-likeness (QED) is 0.429. The number of rotatable bonds is 4. The standard InChI is InChI=1S/C25H26Br2N4O/c26-19-10-18(11-20(27)12-19)22-7-6-16(13-28-22)14-31-9-8-23-21(15-31)25(32)30-24(29-23)17-4-2-1-3-5-17/h6-7,10-13,17H,1-5,8-9,14-15H2,(H,29,30,32). The van der Waals surface area contributed by atoms with Crippen molar-refractivity contribution in [3.05, 3.63) is 78.5 Å². The summed E-state index contributed by atoms with van der Waals surface area (Å²) in [6.07, 6.45) is 8.85. The fraction of sp³-hybridized carbons (Fsp3) is 0.400. The summed E-state index contributed by atoms with van der Waals surface area (Å²) in [5.74, 6) is 1.34. The Kier molecular flexibility index (Phi) is 6.58. The average Bonchev–Trinajstić information content (AvgIpc) is 2.80. The highest BCUT2D eigenvalue weighted by Gasteiger charge is 2.24. The monoisotopic (exact) mass is 556 g/mol. The molecule has 0 radical (unpaired) electrons. The first-order chi connectivity index (χ1) is 15.5. The fourth-order valence-electron chi connectivity index (χ4n) is 4.85. The van der Waals surface area contributed by atoms with E-state index in [0.717, 1.165) is 75.2 Å². The molecule has 2 aromatic heterocycles. The van der Waals surface area contributed by atoms with Crippen LogP contribution < -0.4 is 5.56 Å². The van der Waals surface area contributed by atoms with Crippen LogP contribution >= 0.6 is 31.9 Å². The first kappa shape index (κ1) is 22.0. The number of pyridine rings is 1. The van der Waals surface area contributed by atoms with E-state index in [9.17, 15) is 4.79 Å². The van der Waals surface area contributed by atoms with Crippen LogP contribution in [0, 0.1) is 0 Å². The van der Waals surface area contributed by atoms with E-state index >= 15 is 0 Å². The van der Waals surface area contributed by atoms with Crippen molar-refractivity contribution in [3.63, 3.8) is 0 Å². The summed E-state index contributed by atoms with van der Waals surface area (Å²) in [6.45, 7) is 2.33. The van der Waals surface area contributed by atoms with Crippen molar-refractivity contribution < 1.29 is 0 Å². The maximum atomic E-state index is 12.8. The van der Waals surface area contributed by atoms with Gasteiger partial charge in [-0.05, 0) is 42.7 Å². The second-order valence-electron chi connectivity index (χ2n) is 8.88. The van der Waals surface area contributed by atoms with Crippen molar-refractivity contribution in [2.24, 2.45) is 0 Å². The van der Waals surface area contributed by atoms with Gasteiger partial charge in [0.15, 0.2) is 0 Å². The number of H-pyrrole nitrogens is 1. The number of aromatic nitrogens is 3. The first-order valence-corrected chi connectivity index (χ1v) is 12.9. The zero-order valence-corrected chi connectivity index (χ0v) is 21.1. The molecule has 166 valence electrons. The molecule has 0 unspecified atom stereocenters. The van der Waals surface area contributed by atoms with Gasteiger partial charge in [0.2, 0.25) is 0 Å². The molecule has 2 aliphatic rings. The van der Waals surface area contributed by atoms with Crippen LogP contribution in [0.15, 0.2) is 50.3 Å². The van der Waals surface area contributed by atoms with E-state index in [4.69, 9.17) is 4.98 Å². The topological polar surface area (TPSA) is 61.9 Å². The first-order valence-electron chi connectivity index (χ1n) is 11.3. The maximum absolute atomic E-state index is 12.8. The molecule has 5 rings (SSSR count). The van der Waals surface area contributed by atoms with E-state index in [1.54, 1.807) is 0 Å². The summed E-state index contributed by atoms with van der Waals surface area (Å²) >= 11 is 7.08. The summed E-state index contributed by atoms with van der Waals surface area (Å²) in [6, 6.07) is 10.3. The van der Waals surface area contributed by atoms with Crippen molar-refractivity contribution in [3.8, 4) is 11.3 Å². The molecule has 7 heteroatoms. The smallest absolute Gasteiger partial charge is 0.255 e. The van der Waals surface area contributed by atoms with Crippen LogP contribution in [0.25, 0.3) is 11.3 Å². The van der Waals surface area contributed by atoms with Crippen molar-refractivity contribution in [2.75, 3.05) is 6.54 Å². The van der Waals surface area contributed by atoms with Crippen LogP contribution in [-0.4, -0.2) is 26.4 Å². The van der Waals surface area contributed by atoms with Gasteiger partial charge >= 0.3 is 0 Å². The summed E-state index contributed by atoms with van der Waals surface area (Å²) < 4.78 is 2.04. The second kappa shape index (κ2) is 9.57. The molecule has 0 spiro atoms. The molecule has 1 fully saturated rings. The lowest BCUT2D eigenvalue weighted by Gasteiger charge is -2.28. The van der Waals surface area contributed by atoms with E-state index in [2.05, 4.69) is 71.0 Å². The van der Waals surface area contributed by atoms with E-state index in [0.29, 0.717) is 12.5 Å². The normalized spacial score (nSPS) is 17.3. The number of fused-ring (bicyclic) bond motifs is 1. The van der Waals surface area contributed by atoms with Crippen molar-refractivity contribution >= 4 is 31.9 Å². The van der Waals surface area contributed by atoms with Gasteiger partial charge in [0.1, 0.15) is 5.82 Å². The van der Waals surface area contributed by atoms with Crippen LogP contribution in [0.4, 0.5) is 0 Å². The van der Waals surface area contributed by atoms with Crippen molar-refractivity contribution in [1.82, 2.24) is 19.9 Å². The van der Waals surface area contributed by atoms with Crippen molar-refractivity contribution in [2.45, 2.75) is 57.5 Å². The average molecular weight is 558 g/mol. The van der Waals surface area contributed by atoms with Crippen LogP contribution in [-0.2, 0) is 19.5 Å². The Bertz CT molecular complexity index is 1150. The molecule has 0 saturated heterocycles. The summed E-state index contributed by atoms with van der Waals surface area (Å²) in [7, 11) is 0. The number of hydrogen-bond donors (Lipinski definition) is 1. The minimum absolute atomic E-state index is 0.0500. The molecule has 5 nitrogen and oxygen atoms in total. The Hall–Kier alpha value is -1.83. The number of nitrogens with one attached hydrogen (secondary N) is 1. The Balaban J connectivity index is 1.28. The number of halogens is 2.